The van der Waals surface area contributed by atoms with E-state index in [1.807, 2.05) is 24.3 Å². The van der Waals surface area contributed by atoms with Crippen LogP contribution < -0.4 is 4.90 Å². The third-order valence-corrected chi connectivity index (χ3v) is 4.22. The molecule has 1 unspecified atom stereocenters. The third kappa shape index (κ3) is 2.73. The first-order valence-electron chi connectivity index (χ1n) is 7.11. The van der Waals surface area contributed by atoms with Gasteiger partial charge in [0.2, 0.25) is 0 Å². The number of carboxylic acid groups (broad SMARTS) is 1. The molecule has 5 heteroatoms. The number of benzene rings is 1. The molecule has 1 aliphatic heterocycles. The van der Waals surface area contributed by atoms with Crippen molar-refractivity contribution in [3.63, 3.8) is 0 Å². The highest BCUT2D eigenvalue weighted by Gasteiger charge is 2.39. The Morgan fingerprint density at radius 2 is 1.95 bits per heavy atom. The van der Waals surface area contributed by atoms with Gasteiger partial charge in [-0.05, 0) is 37.8 Å². The smallest absolute Gasteiger partial charge is 0.329 e. The Morgan fingerprint density at radius 3 is 2.57 bits per heavy atom. The standard InChI is InChI=1S/C16H22N2O3/c1-11-9-12-7-5-6-8-13(12)18(10-11)15(21)17(4)16(2,3)14(19)20/h5-8,11H,9-10H2,1-4H3,(H,19,20). The number of amides is 2. The zero-order valence-corrected chi connectivity index (χ0v) is 13.0. The summed E-state index contributed by atoms with van der Waals surface area (Å²) >= 11 is 0. The van der Waals surface area contributed by atoms with Crippen LogP contribution in [0.25, 0.3) is 0 Å². The summed E-state index contributed by atoms with van der Waals surface area (Å²) in [6.45, 7) is 5.77. The number of carbonyl (C=O) groups excluding carboxylic acids is 1. The summed E-state index contributed by atoms with van der Waals surface area (Å²) in [4.78, 5) is 27.1. The Kier molecular flexibility index (Phi) is 3.94. The molecule has 1 atom stereocenters. The third-order valence-electron chi connectivity index (χ3n) is 4.22. The van der Waals surface area contributed by atoms with E-state index in [0.717, 1.165) is 17.7 Å². The summed E-state index contributed by atoms with van der Waals surface area (Å²) in [6.07, 6.45) is 0.936. The summed E-state index contributed by atoms with van der Waals surface area (Å²) in [7, 11) is 1.54. The number of para-hydroxylation sites is 1. The SMILES string of the molecule is CC1Cc2ccccc2N(C(=O)N(C)C(C)(C)C(=O)O)C1. The van der Waals surface area contributed by atoms with Crippen LogP contribution in [0.1, 0.15) is 26.3 Å². The maximum Gasteiger partial charge on any atom is 0.329 e. The van der Waals surface area contributed by atoms with E-state index in [2.05, 4.69) is 6.92 Å². The lowest BCUT2D eigenvalue weighted by atomic mass is 9.94. The topological polar surface area (TPSA) is 60.9 Å². The van der Waals surface area contributed by atoms with Crippen LogP contribution in [-0.2, 0) is 11.2 Å². The molecule has 0 aromatic heterocycles. The highest BCUT2D eigenvalue weighted by atomic mass is 16.4. The van der Waals surface area contributed by atoms with E-state index in [9.17, 15) is 14.7 Å². The van der Waals surface area contributed by atoms with Crippen molar-refractivity contribution in [2.45, 2.75) is 32.7 Å². The Labute approximate surface area is 125 Å². The lowest BCUT2D eigenvalue weighted by molar-refractivity contribution is -0.146. The molecular weight excluding hydrogens is 268 g/mol. The Morgan fingerprint density at radius 1 is 1.33 bits per heavy atom. The van der Waals surface area contributed by atoms with Gasteiger partial charge < -0.3 is 10.0 Å². The van der Waals surface area contributed by atoms with Crippen LogP contribution in [-0.4, -0.2) is 41.1 Å². The number of anilines is 1. The lowest BCUT2D eigenvalue weighted by Gasteiger charge is -2.39. The Bertz CT molecular complexity index is 568. The minimum atomic E-state index is -1.24. The molecule has 2 amide bonds. The van der Waals surface area contributed by atoms with E-state index in [-0.39, 0.29) is 6.03 Å². The average Bonchev–Trinajstić information content (AvgIpc) is 2.44. The maximum atomic E-state index is 12.7. The molecule has 0 spiro atoms. The molecule has 0 bridgehead atoms. The number of carbonyl (C=O) groups is 2. The van der Waals surface area contributed by atoms with Crippen LogP contribution in [0.5, 0.6) is 0 Å². The molecule has 1 N–H and O–H groups in total. The summed E-state index contributed by atoms with van der Waals surface area (Å²) in [5, 5.41) is 9.29. The van der Waals surface area contributed by atoms with E-state index < -0.39 is 11.5 Å². The van der Waals surface area contributed by atoms with E-state index in [0.29, 0.717) is 12.5 Å². The van der Waals surface area contributed by atoms with Gasteiger partial charge in [-0.15, -0.1) is 0 Å². The van der Waals surface area contributed by atoms with Gasteiger partial charge in [0.05, 0.1) is 0 Å². The molecule has 2 rings (SSSR count). The second-order valence-electron chi connectivity index (χ2n) is 6.25. The van der Waals surface area contributed by atoms with Crippen LogP contribution in [0.4, 0.5) is 10.5 Å². The highest BCUT2D eigenvalue weighted by molar-refractivity contribution is 5.96. The van der Waals surface area contributed by atoms with E-state index in [4.69, 9.17) is 0 Å². The fraction of sp³-hybridized carbons (Fsp3) is 0.500. The summed E-state index contributed by atoms with van der Waals surface area (Å²) < 4.78 is 0. The van der Waals surface area contributed by atoms with Crippen LogP contribution in [0.3, 0.4) is 0 Å². The molecule has 0 fully saturated rings. The van der Waals surface area contributed by atoms with Crippen molar-refractivity contribution in [3.8, 4) is 0 Å². The van der Waals surface area contributed by atoms with Gasteiger partial charge in [-0.3, -0.25) is 4.90 Å². The van der Waals surface area contributed by atoms with E-state index in [1.54, 1.807) is 11.9 Å². The number of aliphatic carboxylic acids is 1. The lowest BCUT2D eigenvalue weighted by Crippen LogP contribution is -2.56. The normalized spacial score (nSPS) is 18.1. The number of urea groups is 1. The molecule has 0 saturated carbocycles. The predicted molar refractivity (Wildman–Crippen MR) is 81.5 cm³/mol. The minimum Gasteiger partial charge on any atom is -0.480 e. The molecule has 1 heterocycles. The second-order valence-corrected chi connectivity index (χ2v) is 6.25. The Hall–Kier alpha value is -2.04. The maximum absolute atomic E-state index is 12.7. The summed E-state index contributed by atoms with van der Waals surface area (Å²) in [6, 6.07) is 7.53. The molecule has 0 saturated heterocycles. The van der Waals surface area contributed by atoms with Gasteiger partial charge in [0, 0.05) is 19.3 Å². The van der Waals surface area contributed by atoms with Crippen molar-refractivity contribution in [1.29, 1.82) is 0 Å². The largest absolute Gasteiger partial charge is 0.480 e. The number of fused-ring (bicyclic) bond motifs is 1. The van der Waals surface area contributed by atoms with Gasteiger partial charge in [-0.1, -0.05) is 25.1 Å². The summed E-state index contributed by atoms with van der Waals surface area (Å²) in [5.74, 6) is -0.665. The number of nitrogens with zero attached hydrogens (tertiary/aromatic N) is 2. The first-order valence-corrected chi connectivity index (χ1v) is 7.11. The highest BCUT2D eigenvalue weighted by Crippen LogP contribution is 2.31. The van der Waals surface area contributed by atoms with Gasteiger partial charge in [-0.2, -0.15) is 0 Å². The van der Waals surface area contributed by atoms with Gasteiger partial charge in [-0.25, -0.2) is 9.59 Å². The number of carboxylic acids is 1. The molecule has 0 radical (unpaired) electrons. The van der Waals surface area contributed by atoms with Crippen LogP contribution in [0, 0.1) is 5.92 Å². The molecular formula is C16H22N2O3. The van der Waals surface area contributed by atoms with E-state index >= 15 is 0 Å². The van der Waals surface area contributed by atoms with Crippen molar-refractivity contribution < 1.29 is 14.7 Å². The second kappa shape index (κ2) is 5.39. The van der Waals surface area contributed by atoms with Crippen molar-refractivity contribution >= 4 is 17.7 Å². The first-order chi connectivity index (χ1) is 9.75. The molecule has 1 aromatic rings. The minimum absolute atomic E-state index is 0.276. The van der Waals surface area contributed by atoms with Gasteiger partial charge in [0.25, 0.3) is 0 Å². The fourth-order valence-electron chi connectivity index (χ4n) is 2.54. The van der Waals surface area contributed by atoms with E-state index in [1.165, 1.54) is 18.7 Å². The number of hydrogen-bond acceptors (Lipinski definition) is 2. The van der Waals surface area contributed by atoms with Crippen LogP contribution >= 0.6 is 0 Å². The number of hydrogen-bond donors (Lipinski definition) is 1. The van der Waals surface area contributed by atoms with Crippen LogP contribution in [0.2, 0.25) is 0 Å². The van der Waals surface area contributed by atoms with Gasteiger partial charge in [0.15, 0.2) is 0 Å². The van der Waals surface area contributed by atoms with Crippen molar-refractivity contribution in [3.05, 3.63) is 29.8 Å². The zero-order chi connectivity index (χ0) is 15.8. The monoisotopic (exact) mass is 290 g/mol. The van der Waals surface area contributed by atoms with Crippen molar-refractivity contribution in [2.75, 3.05) is 18.5 Å². The molecule has 1 aromatic carbocycles. The fourth-order valence-corrected chi connectivity index (χ4v) is 2.54. The molecule has 114 valence electrons. The van der Waals surface area contributed by atoms with Gasteiger partial charge in [0.1, 0.15) is 5.54 Å². The quantitative estimate of drug-likeness (QED) is 0.910. The number of rotatable bonds is 2. The average molecular weight is 290 g/mol. The number of likely N-dealkylation sites (N-methyl/N-ethyl adjacent to an activating group) is 1. The summed E-state index contributed by atoms with van der Waals surface area (Å²) in [5.41, 5.74) is 0.770. The predicted octanol–water partition coefficient (Wildman–Crippen LogP) is 2.60. The Balaban J connectivity index is 2.34. The molecule has 0 aliphatic carbocycles. The molecule has 5 nitrogen and oxygen atoms in total. The first kappa shape index (κ1) is 15.4. The molecule has 21 heavy (non-hydrogen) atoms. The van der Waals surface area contributed by atoms with Gasteiger partial charge >= 0.3 is 12.0 Å². The molecule has 1 aliphatic rings. The van der Waals surface area contributed by atoms with Crippen molar-refractivity contribution in [1.82, 2.24) is 4.90 Å². The van der Waals surface area contributed by atoms with Crippen LogP contribution in [0.15, 0.2) is 24.3 Å². The zero-order valence-electron chi connectivity index (χ0n) is 13.0. The van der Waals surface area contributed by atoms with Crippen molar-refractivity contribution in [2.24, 2.45) is 5.92 Å².